The highest BCUT2D eigenvalue weighted by Crippen LogP contribution is 2.27. The topological polar surface area (TPSA) is 115 Å². The fraction of sp³-hybridized carbons (Fsp3) is 0.381. The number of aryl methyl sites for hydroxylation is 2. The van der Waals surface area contributed by atoms with E-state index < -0.39 is 21.6 Å². The maximum absolute atomic E-state index is 13.1. The van der Waals surface area contributed by atoms with Gasteiger partial charge in [0.15, 0.2) is 0 Å². The monoisotopic (exact) mass is 444 g/mol. The van der Waals surface area contributed by atoms with Crippen LogP contribution in [0, 0.1) is 19.8 Å². The van der Waals surface area contributed by atoms with E-state index in [1.807, 2.05) is 6.92 Å². The molecule has 10 heteroatoms. The SMILES string of the molecule is Cc1cc(=O)oc2cc(NC(=O)C3CCCN(S(=O)(=O)c4cnn(C)c4C)C3)ccc12. The Bertz CT molecular complexity index is 1330. The molecule has 1 aliphatic rings. The van der Waals surface area contributed by atoms with Crippen LogP contribution >= 0.6 is 0 Å². The number of hydrogen-bond donors (Lipinski definition) is 1. The van der Waals surface area contributed by atoms with Crippen molar-refractivity contribution < 1.29 is 17.6 Å². The summed E-state index contributed by atoms with van der Waals surface area (Å²) in [6, 6.07) is 6.55. The minimum atomic E-state index is -3.73. The predicted octanol–water partition coefficient (Wildman–Crippen LogP) is 2.18. The molecule has 1 aliphatic heterocycles. The Balaban J connectivity index is 1.52. The first-order valence-electron chi connectivity index (χ1n) is 10.0. The zero-order valence-electron chi connectivity index (χ0n) is 17.6. The number of anilines is 1. The van der Waals surface area contributed by atoms with Gasteiger partial charge in [-0.15, -0.1) is 0 Å². The van der Waals surface area contributed by atoms with E-state index in [4.69, 9.17) is 4.42 Å². The van der Waals surface area contributed by atoms with Gasteiger partial charge in [0.2, 0.25) is 15.9 Å². The molecule has 1 aromatic carbocycles. The third-order valence-corrected chi connectivity index (χ3v) is 7.75. The second-order valence-electron chi connectivity index (χ2n) is 7.87. The van der Waals surface area contributed by atoms with E-state index >= 15 is 0 Å². The van der Waals surface area contributed by atoms with Gasteiger partial charge in [-0.25, -0.2) is 13.2 Å². The van der Waals surface area contributed by atoms with Crippen LogP contribution in [0.5, 0.6) is 0 Å². The maximum atomic E-state index is 13.1. The number of benzene rings is 1. The lowest BCUT2D eigenvalue weighted by Crippen LogP contribution is -2.43. The molecule has 1 unspecified atom stereocenters. The zero-order valence-corrected chi connectivity index (χ0v) is 18.4. The molecule has 3 heterocycles. The van der Waals surface area contributed by atoms with Gasteiger partial charge >= 0.3 is 5.63 Å². The van der Waals surface area contributed by atoms with Gasteiger partial charge in [0.1, 0.15) is 10.5 Å². The Kier molecular flexibility index (Phi) is 5.44. The van der Waals surface area contributed by atoms with E-state index in [2.05, 4.69) is 10.4 Å². The van der Waals surface area contributed by atoms with E-state index in [1.165, 1.54) is 21.3 Å². The van der Waals surface area contributed by atoms with Gasteiger partial charge in [-0.1, -0.05) is 0 Å². The fourth-order valence-corrected chi connectivity index (χ4v) is 5.60. The lowest BCUT2D eigenvalue weighted by molar-refractivity contribution is -0.120. The number of piperidine rings is 1. The molecule has 2 aromatic heterocycles. The number of aromatic nitrogens is 2. The second-order valence-corrected chi connectivity index (χ2v) is 9.78. The molecule has 4 rings (SSSR count). The van der Waals surface area contributed by atoms with Crippen LogP contribution in [0.25, 0.3) is 11.0 Å². The molecule has 1 N–H and O–H groups in total. The van der Waals surface area contributed by atoms with Crippen LogP contribution in [-0.2, 0) is 21.9 Å². The molecule has 0 bridgehead atoms. The average Bonchev–Trinajstić information content (AvgIpc) is 3.07. The van der Waals surface area contributed by atoms with Gasteiger partial charge in [-0.3, -0.25) is 9.48 Å². The van der Waals surface area contributed by atoms with Gasteiger partial charge in [-0.05, 0) is 44.4 Å². The van der Waals surface area contributed by atoms with Crippen LogP contribution in [0.2, 0.25) is 0 Å². The largest absolute Gasteiger partial charge is 0.423 e. The van der Waals surface area contributed by atoms with Crippen molar-refractivity contribution in [1.29, 1.82) is 0 Å². The number of carbonyl (C=O) groups is 1. The van der Waals surface area contributed by atoms with Crippen molar-refractivity contribution >= 4 is 32.6 Å². The first-order chi connectivity index (χ1) is 14.7. The van der Waals surface area contributed by atoms with Crippen LogP contribution < -0.4 is 10.9 Å². The summed E-state index contributed by atoms with van der Waals surface area (Å²) in [5, 5.41) is 7.65. The Morgan fingerprint density at radius 1 is 1.26 bits per heavy atom. The van der Waals surface area contributed by atoms with E-state index in [9.17, 15) is 18.0 Å². The van der Waals surface area contributed by atoms with Crippen molar-refractivity contribution in [3.63, 3.8) is 0 Å². The summed E-state index contributed by atoms with van der Waals surface area (Å²) >= 11 is 0. The van der Waals surface area contributed by atoms with Crippen LogP contribution in [-0.4, -0.2) is 41.5 Å². The number of carbonyl (C=O) groups excluding carboxylic acids is 1. The van der Waals surface area contributed by atoms with Gasteiger partial charge < -0.3 is 9.73 Å². The first-order valence-corrected chi connectivity index (χ1v) is 11.4. The molecule has 1 saturated heterocycles. The van der Waals surface area contributed by atoms with Crippen LogP contribution in [0.1, 0.15) is 24.1 Å². The number of amides is 1. The molecule has 1 atom stereocenters. The Labute approximate surface area is 179 Å². The molecule has 1 fully saturated rings. The smallest absolute Gasteiger partial charge is 0.336 e. The summed E-state index contributed by atoms with van der Waals surface area (Å²) in [5.74, 6) is -0.752. The Hall–Kier alpha value is -2.98. The van der Waals surface area contributed by atoms with Crippen LogP contribution in [0.4, 0.5) is 5.69 Å². The number of sulfonamides is 1. The van der Waals surface area contributed by atoms with E-state index in [1.54, 1.807) is 32.2 Å². The van der Waals surface area contributed by atoms with Gasteiger partial charge in [-0.2, -0.15) is 9.40 Å². The molecule has 3 aromatic rings. The van der Waals surface area contributed by atoms with E-state index in [0.717, 1.165) is 10.9 Å². The van der Waals surface area contributed by atoms with E-state index in [0.29, 0.717) is 36.4 Å². The van der Waals surface area contributed by atoms with Gasteiger partial charge in [0.05, 0.1) is 17.8 Å². The normalized spacial score (nSPS) is 17.7. The minimum Gasteiger partial charge on any atom is -0.423 e. The first kappa shape index (κ1) is 21.3. The fourth-order valence-electron chi connectivity index (χ4n) is 3.89. The summed E-state index contributed by atoms with van der Waals surface area (Å²) in [6.07, 6.45) is 2.52. The van der Waals surface area contributed by atoms with Crippen LogP contribution in [0.3, 0.4) is 0 Å². The van der Waals surface area contributed by atoms with Crippen molar-refractivity contribution in [1.82, 2.24) is 14.1 Å². The Morgan fingerprint density at radius 2 is 2.03 bits per heavy atom. The molecule has 164 valence electrons. The molecule has 0 saturated carbocycles. The lowest BCUT2D eigenvalue weighted by atomic mass is 9.98. The van der Waals surface area contributed by atoms with Crippen molar-refractivity contribution in [3.8, 4) is 0 Å². The summed E-state index contributed by atoms with van der Waals surface area (Å²) in [6.45, 7) is 3.98. The average molecular weight is 445 g/mol. The highest BCUT2D eigenvalue weighted by Gasteiger charge is 2.35. The van der Waals surface area contributed by atoms with Gasteiger partial charge in [0, 0.05) is 43.3 Å². The quantitative estimate of drug-likeness (QED) is 0.617. The molecule has 0 radical (unpaired) electrons. The molecular weight excluding hydrogens is 420 g/mol. The summed E-state index contributed by atoms with van der Waals surface area (Å²) in [7, 11) is -2.04. The highest BCUT2D eigenvalue weighted by molar-refractivity contribution is 7.89. The molecule has 9 nitrogen and oxygen atoms in total. The lowest BCUT2D eigenvalue weighted by Gasteiger charge is -2.31. The predicted molar refractivity (Wildman–Crippen MR) is 115 cm³/mol. The van der Waals surface area contributed by atoms with E-state index in [-0.39, 0.29) is 17.3 Å². The number of hydrogen-bond acceptors (Lipinski definition) is 6. The van der Waals surface area contributed by atoms with Gasteiger partial charge in [0.25, 0.3) is 0 Å². The third kappa shape index (κ3) is 4.00. The van der Waals surface area contributed by atoms with Crippen molar-refractivity contribution in [2.45, 2.75) is 31.6 Å². The van der Waals surface area contributed by atoms with Crippen molar-refractivity contribution in [2.75, 3.05) is 18.4 Å². The molecule has 1 amide bonds. The third-order valence-electron chi connectivity index (χ3n) is 5.78. The second kappa shape index (κ2) is 7.93. The standard InChI is InChI=1S/C21H24N4O5S/c1-13-9-20(26)30-18-10-16(6-7-17(13)18)23-21(27)15-5-4-8-25(12-15)31(28,29)19-11-22-24(3)14(19)2/h6-7,9-11,15H,4-5,8,12H2,1-3H3,(H,23,27). The summed E-state index contributed by atoms with van der Waals surface area (Å²) in [5.41, 5.74) is 1.78. The summed E-state index contributed by atoms with van der Waals surface area (Å²) < 4.78 is 34.2. The van der Waals surface area contributed by atoms with Crippen LogP contribution in [0.15, 0.2) is 44.6 Å². The van der Waals surface area contributed by atoms with Crippen molar-refractivity contribution in [3.05, 3.63) is 52.1 Å². The minimum absolute atomic E-state index is 0.101. The highest BCUT2D eigenvalue weighted by atomic mass is 32.2. The maximum Gasteiger partial charge on any atom is 0.336 e. The number of nitrogens with zero attached hydrogens (tertiary/aromatic N) is 3. The number of nitrogens with one attached hydrogen (secondary N) is 1. The molecule has 31 heavy (non-hydrogen) atoms. The molecular formula is C21H24N4O5S. The van der Waals surface area contributed by atoms with Crippen molar-refractivity contribution in [2.24, 2.45) is 13.0 Å². The molecule has 0 spiro atoms. The summed E-state index contributed by atoms with van der Waals surface area (Å²) in [4.78, 5) is 24.7. The number of fused-ring (bicyclic) bond motifs is 1. The Morgan fingerprint density at radius 3 is 2.74 bits per heavy atom. The zero-order chi connectivity index (χ0) is 22.3. The molecule has 0 aliphatic carbocycles. The number of rotatable bonds is 4.